The number of imidazole rings is 1. The zero-order chi connectivity index (χ0) is 10.7. The van der Waals surface area contributed by atoms with Crippen molar-refractivity contribution in [3.8, 4) is 0 Å². The molecule has 2 heterocycles. The van der Waals surface area contributed by atoms with Gasteiger partial charge in [-0.05, 0) is 5.92 Å². The van der Waals surface area contributed by atoms with Crippen molar-refractivity contribution in [2.24, 2.45) is 5.92 Å². The van der Waals surface area contributed by atoms with Crippen LogP contribution in [0, 0.1) is 5.92 Å². The van der Waals surface area contributed by atoms with Gasteiger partial charge >= 0.3 is 0 Å². The summed E-state index contributed by atoms with van der Waals surface area (Å²) in [5.41, 5.74) is 1.25. The molecule has 0 aliphatic carbocycles. The van der Waals surface area contributed by atoms with E-state index in [0.717, 1.165) is 24.5 Å². The molecule has 1 aromatic heterocycles. The lowest BCUT2D eigenvalue weighted by molar-refractivity contribution is 0.577. The number of hydrogen-bond donors (Lipinski definition) is 2. The first-order chi connectivity index (χ1) is 7.25. The summed E-state index contributed by atoms with van der Waals surface area (Å²) >= 11 is 2.01. The predicted octanol–water partition coefficient (Wildman–Crippen LogP) is 1.99. The third-order valence-corrected chi connectivity index (χ3v) is 3.61. The second kappa shape index (κ2) is 5.03. The molecule has 0 bridgehead atoms. The Balaban J connectivity index is 1.99. The van der Waals surface area contributed by atoms with E-state index in [9.17, 15) is 0 Å². The summed E-state index contributed by atoms with van der Waals surface area (Å²) in [5.74, 6) is 4.17. The van der Waals surface area contributed by atoms with Crippen molar-refractivity contribution < 1.29 is 0 Å². The monoisotopic (exact) mass is 225 g/mol. The molecule has 0 spiro atoms. The Morgan fingerprint density at radius 2 is 2.47 bits per heavy atom. The smallest absolute Gasteiger partial charge is 0.106 e. The van der Waals surface area contributed by atoms with Crippen LogP contribution in [0.2, 0.25) is 0 Å². The quantitative estimate of drug-likeness (QED) is 0.826. The van der Waals surface area contributed by atoms with E-state index < -0.39 is 0 Å². The number of H-pyrrole nitrogens is 1. The van der Waals surface area contributed by atoms with Gasteiger partial charge in [-0.15, -0.1) is 0 Å². The molecule has 1 aromatic rings. The Morgan fingerprint density at radius 1 is 1.60 bits per heavy atom. The molecule has 0 saturated carbocycles. The summed E-state index contributed by atoms with van der Waals surface area (Å²) in [6.45, 7) is 5.54. The molecule has 0 amide bonds. The van der Waals surface area contributed by atoms with Crippen LogP contribution in [-0.4, -0.2) is 28.0 Å². The fourth-order valence-corrected chi connectivity index (χ4v) is 2.77. The average molecular weight is 225 g/mol. The zero-order valence-electron chi connectivity index (χ0n) is 9.42. The first-order valence-electron chi connectivity index (χ1n) is 5.60. The van der Waals surface area contributed by atoms with E-state index in [1.165, 1.54) is 11.4 Å². The summed E-state index contributed by atoms with van der Waals surface area (Å²) in [4.78, 5) is 7.85. The molecular weight excluding hydrogens is 206 g/mol. The lowest BCUT2D eigenvalue weighted by Crippen LogP contribution is -2.30. The van der Waals surface area contributed by atoms with Crippen molar-refractivity contribution >= 4 is 11.8 Å². The lowest BCUT2D eigenvalue weighted by atomic mass is 10.1. The topological polar surface area (TPSA) is 40.7 Å². The van der Waals surface area contributed by atoms with Gasteiger partial charge in [0.1, 0.15) is 5.82 Å². The van der Waals surface area contributed by atoms with Gasteiger partial charge in [-0.3, -0.25) is 0 Å². The molecule has 0 aromatic carbocycles. The SMILES string of the molecule is CC(C)Cc1ncc(C2CSCCN2)[nH]1. The van der Waals surface area contributed by atoms with Crippen LogP contribution in [0.1, 0.15) is 31.4 Å². The van der Waals surface area contributed by atoms with Crippen LogP contribution in [0.15, 0.2) is 6.20 Å². The van der Waals surface area contributed by atoms with E-state index in [4.69, 9.17) is 0 Å². The van der Waals surface area contributed by atoms with Crippen LogP contribution in [0.25, 0.3) is 0 Å². The second-order valence-electron chi connectivity index (χ2n) is 4.46. The second-order valence-corrected chi connectivity index (χ2v) is 5.61. The molecule has 1 saturated heterocycles. The Kier molecular flexibility index (Phi) is 3.70. The van der Waals surface area contributed by atoms with E-state index >= 15 is 0 Å². The molecule has 1 fully saturated rings. The maximum atomic E-state index is 4.43. The number of hydrogen-bond acceptors (Lipinski definition) is 3. The Morgan fingerprint density at radius 3 is 3.13 bits per heavy atom. The maximum absolute atomic E-state index is 4.43. The Labute approximate surface area is 95.4 Å². The van der Waals surface area contributed by atoms with Crippen molar-refractivity contribution in [3.05, 3.63) is 17.7 Å². The number of aromatic amines is 1. The highest BCUT2D eigenvalue weighted by molar-refractivity contribution is 7.99. The van der Waals surface area contributed by atoms with E-state index in [-0.39, 0.29) is 0 Å². The van der Waals surface area contributed by atoms with Gasteiger partial charge in [-0.25, -0.2) is 4.98 Å². The van der Waals surface area contributed by atoms with Crippen LogP contribution < -0.4 is 5.32 Å². The minimum Gasteiger partial charge on any atom is -0.345 e. The van der Waals surface area contributed by atoms with Crippen molar-refractivity contribution in [1.82, 2.24) is 15.3 Å². The van der Waals surface area contributed by atoms with Gasteiger partial charge in [-0.2, -0.15) is 11.8 Å². The summed E-state index contributed by atoms with van der Waals surface area (Å²) in [6.07, 6.45) is 3.03. The van der Waals surface area contributed by atoms with Crippen LogP contribution >= 0.6 is 11.8 Å². The molecule has 0 radical (unpaired) electrons. The summed E-state index contributed by atoms with van der Waals surface area (Å²) in [7, 11) is 0. The molecule has 84 valence electrons. The summed E-state index contributed by atoms with van der Waals surface area (Å²) in [5, 5.41) is 3.51. The normalized spacial score (nSPS) is 22.2. The largest absolute Gasteiger partial charge is 0.345 e. The van der Waals surface area contributed by atoms with Gasteiger partial charge in [0.15, 0.2) is 0 Å². The summed E-state index contributed by atoms with van der Waals surface area (Å²) < 4.78 is 0. The van der Waals surface area contributed by atoms with E-state index in [1.54, 1.807) is 0 Å². The molecule has 1 atom stereocenters. The van der Waals surface area contributed by atoms with Crippen molar-refractivity contribution in [1.29, 1.82) is 0 Å². The van der Waals surface area contributed by atoms with Crippen LogP contribution in [-0.2, 0) is 6.42 Å². The number of aromatic nitrogens is 2. The highest BCUT2D eigenvalue weighted by Crippen LogP contribution is 2.20. The standard InChI is InChI=1S/C11H19N3S/c1-8(2)5-11-13-6-9(14-11)10-7-15-4-3-12-10/h6,8,10,12H,3-5,7H2,1-2H3,(H,13,14). The highest BCUT2D eigenvalue weighted by atomic mass is 32.2. The molecule has 2 N–H and O–H groups in total. The van der Waals surface area contributed by atoms with Crippen molar-refractivity contribution in [2.75, 3.05) is 18.1 Å². The highest BCUT2D eigenvalue weighted by Gasteiger charge is 2.17. The summed E-state index contributed by atoms with van der Waals surface area (Å²) in [6, 6.07) is 0.470. The van der Waals surface area contributed by atoms with Gasteiger partial charge in [-0.1, -0.05) is 13.8 Å². The molecule has 15 heavy (non-hydrogen) atoms. The number of thioether (sulfide) groups is 1. The minimum absolute atomic E-state index is 0.470. The van der Waals surface area contributed by atoms with Gasteiger partial charge in [0.2, 0.25) is 0 Å². The molecule has 1 aliphatic rings. The van der Waals surface area contributed by atoms with E-state index in [1.807, 2.05) is 18.0 Å². The first-order valence-corrected chi connectivity index (χ1v) is 6.76. The van der Waals surface area contributed by atoms with Crippen LogP contribution in [0.4, 0.5) is 0 Å². The average Bonchev–Trinajstić information content (AvgIpc) is 2.67. The fraction of sp³-hybridized carbons (Fsp3) is 0.727. The number of rotatable bonds is 3. The molecular formula is C11H19N3S. The Hall–Kier alpha value is -0.480. The zero-order valence-corrected chi connectivity index (χ0v) is 10.2. The fourth-order valence-electron chi connectivity index (χ4n) is 1.81. The van der Waals surface area contributed by atoms with Gasteiger partial charge in [0.05, 0.1) is 11.7 Å². The lowest BCUT2D eigenvalue weighted by Gasteiger charge is -2.21. The number of nitrogens with zero attached hydrogens (tertiary/aromatic N) is 1. The third kappa shape index (κ3) is 2.98. The van der Waals surface area contributed by atoms with Gasteiger partial charge in [0, 0.05) is 30.7 Å². The number of nitrogens with one attached hydrogen (secondary N) is 2. The van der Waals surface area contributed by atoms with E-state index in [2.05, 4.69) is 29.1 Å². The molecule has 2 rings (SSSR count). The minimum atomic E-state index is 0.470. The van der Waals surface area contributed by atoms with E-state index in [0.29, 0.717) is 12.0 Å². The molecule has 1 aliphatic heterocycles. The predicted molar refractivity (Wildman–Crippen MR) is 65.2 cm³/mol. The van der Waals surface area contributed by atoms with Crippen molar-refractivity contribution in [3.63, 3.8) is 0 Å². The molecule has 3 nitrogen and oxygen atoms in total. The maximum Gasteiger partial charge on any atom is 0.106 e. The first kappa shape index (κ1) is 11.0. The Bertz CT molecular complexity index is 303. The van der Waals surface area contributed by atoms with Crippen LogP contribution in [0.5, 0.6) is 0 Å². The van der Waals surface area contributed by atoms with Gasteiger partial charge in [0.25, 0.3) is 0 Å². The van der Waals surface area contributed by atoms with Crippen LogP contribution in [0.3, 0.4) is 0 Å². The van der Waals surface area contributed by atoms with Crippen molar-refractivity contribution in [2.45, 2.75) is 26.3 Å². The molecule has 4 heteroatoms. The molecule has 1 unspecified atom stereocenters. The third-order valence-electron chi connectivity index (χ3n) is 2.55. The van der Waals surface area contributed by atoms with Gasteiger partial charge < -0.3 is 10.3 Å².